The van der Waals surface area contributed by atoms with Crippen molar-refractivity contribution in [2.45, 2.75) is 19.1 Å². The van der Waals surface area contributed by atoms with Gasteiger partial charge in [-0.3, -0.25) is 9.59 Å². The molecule has 2 rings (SSSR count). The Morgan fingerprint density at radius 1 is 1.23 bits per heavy atom. The van der Waals surface area contributed by atoms with Crippen LogP contribution >= 0.6 is 0 Å². The van der Waals surface area contributed by atoms with Gasteiger partial charge in [0.1, 0.15) is 0 Å². The summed E-state index contributed by atoms with van der Waals surface area (Å²) in [7, 11) is 0. The van der Waals surface area contributed by atoms with Crippen molar-refractivity contribution < 1.29 is 14.3 Å². The van der Waals surface area contributed by atoms with Gasteiger partial charge >= 0.3 is 0 Å². The molecule has 2 aliphatic rings. The summed E-state index contributed by atoms with van der Waals surface area (Å²) in [5.74, 6) is -0.315. The maximum atomic E-state index is 11.3. The lowest BCUT2D eigenvalue weighted by atomic mass is 10.3. The zero-order valence-electron chi connectivity index (χ0n) is 6.97. The van der Waals surface area contributed by atoms with Gasteiger partial charge in [0.05, 0.1) is 6.26 Å². The molecule has 13 heavy (non-hydrogen) atoms. The Morgan fingerprint density at radius 2 is 1.92 bits per heavy atom. The number of imide groups is 1. The van der Waals surface area contributed by atoms with Gasteiger partial charge in [-0.25, -0.2) is 4.90 Å². The van der Waals surface area contributed by atoms with E-state index in [4.69, 9.17) is 4.74 Å². The fraction of sp³-hybridized carbons (Fsp3) is 0.333. The van der Waals surface area contributed by atoms with Gasteiger partial charge in [-0.1, -0.05) is 6.08 Å². The van der Waals surface area contributed by atoms with Crippen LogP contribution in [0.15, 0.2) is 24.5 Å². The van der Waals surface area contributed by atoms with E-state index in [-0.39, 0.29) is 11.8 Å². The van der Waals surface area contributed by atoms with Crippen LogP contribution in [0.3, 0.4) is 0 Å². The summed E-state index contributed by atoms with van der Waals surface area (Å²) in [6, 6.07) is 0. The summed E-state index contributed by atoms with van der Waals surface area (Å²) in [5, 5.41) is 0. The van der Waals surface area contributed by atoms with E-state index in [0.29, 0.717) is 12.8 Å². The molecule has 4 heteroatoms. The van der Waals surface area contributed by atoms with Crippen molar-refractivity contribution in [3.63, 3.8) is 0 Å². The van der Waals surface area contributed by atoms with Gasteiger partial charge in [0.25, 0.3) is 0 Å². The normalized spacial score (nSPS) is 26.8. The number of rotatable bonds is 1. The first-order chi connectivity index (χ1) is 6.29. The van der Waals surface area contributed by atoms with Crippen LogP contribution in [0.4, 0.5) is 0 Å². The Hall–Kier alpha value is -1.58. The molecule has 0 spiro atoms. The number of likely N-dealkylation sites (tertiary alicyclic amines) is 1. The van der Waals surface area contributed by atoms with E-state index in [1.165, 1.54) is 11.2 Å². The number of nitrogens with zero attached hydrogens (tertiary/aromatic N) is 1. The monoisotopic (exact) mass is 179 g/mol. The Labute approximate surface area is 75.5 Å². The minimum Gasteiger partial charge on any atom is -0.474 e. The molecule has 2 amide bonds. The summed E-state index contributed by atoms with van der Waals surface area (Å²) in [5.41, 5.74) is 0. The second kappa shape index (κ2) is 3.05. The third-order valence-electron chi connectivity index (χ3n) is 2.03. The first-order valence-corrected chi connectivity index (χ1v) is 4.13. The van der Waals surface area contributed by atoms with Crippen molar-refractivity contribution in [3.05, 3.63) is 24.5 Å². The summed E-state index contributed by atoms with van der Waals surface area (Å²) in [6.45, 7) is 0. The summed E-state index contributed by atoms with van der Waals surface area (Å²) >= 11 is 0. The van der Waals surface area contributed by atoms with Crippen LogP contribution in [0, 0.1) is 0 Å². The Morgan fingerprint density at radius 3 is 2.46 bits per heavy atom. The van der Waals surface area contributed by atoms with E-state index in [0.717, 1.165) is 0 Å². The maximum absolute atomic E-state index is 11.3. The highest BCUT2D eigenvalue weighted by atomic mass is 16.5. The topological polar surface area (TPSA) is 46.6 Å². The van der Waals surface area contributed by atoms with E-state index in [1.54, 1.807) is 18.2 Å². The van der Waals surface area contributed by atoms with Crippen LogP contribution in [0.5, 0.6) is 0 Å². The molecule has 0 aromatic carbocycles. The first kappa shape index (κ1) is 8.04. The zero-order chi connectivity index (χ0) is 9.26. The molecule has 1 unspecified atom stereocenters. The number of carbonyl (C=O) groups excluding carboxylic acids is 2. The number of hydrogen-bond donors (Lipinski definition) is 0. The van der Waals surface area contributed by atoms with E-state index < -0.39 is 6.23 Å². The highest BCUT2D eigenvalue weighted by Crippen LogP contribution is 2.18. The van der Waals surface area contributed by atoms with Gasteiger partial charge in [-0.05, 0) is 12.2 Å². The lowest BCUT2D eigenvalue weighted by Crippen LogP contribution is -2.39. The molecule has 1 atom stereocenters. The van der Waals surface area contributed by atoms with E-state index >= 15 is 0 Å². The van der Waals surface area contributed by atoms with Gasteiger partial charge in [-0.2, -0.15) is 0 Å². The van der Waals surface area contributed by atoms with Crippen molar-refractivity contribution in [3.8, 4) is 0 Å². The van der Waals surface area contributed by atoms with Crippen LogP contribution in [-0.4, -0.2) is 22.9 Å². The van der Waals surface area contributed by atoms with Crippen LogP contribution in [-0.2, 0) is 14.3 Å². The van der Waals surface area contributed by atoms with Crippen LogP contribution < -0.4 is 0 Å². The van der Waals surface area contributed by atoms with E-state index in [1.807, 2.05) is 0 Å². The molecule has 0 bridgehead atoms. The number of carbonyl (C=O) groups is 2. The predicted molar refractivity (Wildman–Crippen MR) is 44.2 cm³/mol. The lowest BCUT2D eigenvalue weighted by molar-refractivity contribution is -0.146. The molecule has 0 N–H and O–H groups in total. The zero-order valence-corrected chi connectivity index (χ0v) is 6.97. The average Bonchev–Trinajstić information content (AvgIpc) is 2.48. The minimum atomic E-state index is -0.535. The number of ether oxygens (including phenoxy) is 1. The summed E-state index contributed by atoms with van der Waals surface area (Å²) < 4.78 is 5.12. The Balaban J connectivity index is 2.15. The quantitative estimate of drug-likeness (QED) is 0.552. The van der Waals surface area contributed by atoms with Crippen molar-refractivity contribution in [2.75, 3.05) is 0 Å². The van der Waals surface area contributed by atoms with Crippen LogP contribution in [0.2, 0.25) is 0 Å². The minimum absolute atomic E-state index is 0.157. The molecule has 1 fully saturated rings. The molecule has 4 nitrogen and oxygen atoms in total. The second-order valence-electron chi connectivity index (χ2n) is 2.90. The molecule has 0 saturated carbocycles. The molecule has 2 aliphatic heterocycles. The number of amides is 2. The lowest BCUT2D eigenvalue weighted by Gasteiger charge is -2.23. The largest absolute Gasteiger partial charge is 0.474 e. The molecule has 0 aromatic heterocycles. The van der Waals surface area contributed by atoms with Crippen LogP contribution in [0.25, 0.3) is 0 Å². The summed E-state index contributed by atoms with van der Waals surface area (Å²) in [4.78, 5) is 23.7. The third kappa shape index (κ3) is 1.35. The summed E-state index contributed by atoms with van der Waals surface area (Å²) in [6.07, 6.45) is 6.69. The molecule has 2 heterocycles. The molecule has 0 aliphatic carbocycles. The van der Waals surface area contributed by atoms with Crippen molar-refractivity contribution >= 4 is 11.8 Å². The molecule has 68 valence electrons. The van der Waals surface area contributed by atoms with Gasteiger partial charge in [-0.15, -0.1) is 0 Å². The SMILES string of the molecule is O=C1CCC(=O)N1C1C=CC=CO1. The fourth-order valence-corrected chi connectivity index (χ4v) is 1.40. The molecule has 0 aromatic rings. The van der Waals surface area contributed by atoms with E-state index in [2.05, 4.69) is 0 Å². The van der Waals surface area contributed by atoms with Gasteiger partial charge in [0, 0.05) is 12.8 Å². The standard InChI is InChI=1S/C9H9NO3/c11-7-4-5-8(12)10(7)9-3-1-2-6-13-9/h1-3,6,9H,4-5H2. The maximum Gasteiger partial charge on any atom is 0.232 e. The first-order valence-electron chi connectivity index (χ1n) is 4.13. The van der Waals surface area contributed by atoms with Crippen molar-refractivity contribution in [2.24, 2.45) is 0 Å². The highest BCUT2D eigenvalue weighted by molar-refractivity contribution is 6.02. The number of hydrogen-bond acceptors (Lipinski definition) is 3. The average molecular weight is 179 g/mol. The molecular weight excluding hydrogens is 170 g/mol. The molecule has 1 saturated heterocycles. The third-order valence-corrected chi connectivity index (χ3v) is 2.03. The van der Waals surface area contributed by atoms with Gasteiger partial charge in [0.2, 0.25) is 11.8 Å². The van der Waals surface area contributed by atoms with Gasteiger partial charge in [0.15, 0.2) is 6.23 Å². The van der Waals surface area contributed by atoms with Crippen LogP contribution in [0.1, 0.15) is 12.8 Å². The smallest absolute Gasteiger partial charge is 0.232 e. The Kier molecular flexibility index (Phi) is 1.88. The number of allylic oxidation sites excluding steroid dienone is 2. The van der Waals surface area contributed by atoms with Gasteiger partial charge < -0.3 is 4.74 Å². The molecular formula is C9H9NO3. The second-order valence-corrected chi connectivity index (χ2v) is 2.90. The fourth-order valence-electron chi connectivity index (χ4n) is 1.40. The van der Waals surface area contributed by atoms with E-state index in [9.17, 15) is 9.59 Å². The predicted octanol–water partition coefficient (Wildman–Crippen LogP) is 0.562. The van der Waals surface area contributed by atoms with Crippen molar-refractivity contribution in [1.82, 2.24) is 4.90 Å². The van der Waals surface area contributed by atoms with Crippen molar-refractivity contribution in [1.29, 1.82) is 0 Å². The molecule has 0 radical (unpaired) electrons. The Bertz CT molecular complexity index is 290. The highest BCUT2D eigenvalue weighted by Gasteiger charge is 2.34.